The molecular weight excluding hydrogens is 387 g/mol. The number of anilines is 1. The van der Waals surface area contributed by atoms with Crippen molar-refractivity contribution >= 4 is 27.4 Å². The van der Waals surface area contributed by atoms with Crippen molar-refractivity contribution in [3.05, 3.63) is 65.0 Å². The fourth-order valence-corrected chi connectivity index (χ4v) is 2.86. The number of esters is 1. The van der Waals surface area contributed by atoms with Crippen LogP contribution in [0.1, 0.15) is 15.9 Å². The number of ether oxygens (including phenoxy) is 1. The molecule has 0 radical (unpaired) electrons. The molecule has 1 amide bonds. The van der Waals surface area contributed by atoms with E-state index in [1.807, 2.05) is 5.32 Å². The second kappa shape index (κ2) is 8.21. The van der Waals surface area contributed by atoms with Gasteiger partial charge in [0.15, 0.2) is 33.9 Å². The van der Waals surface area contributed by atoms with E-state index in [9.17, 15) is 31.2 Å². The van der Waals surface area contributed by atoms with E-state index in [0.29, 0.717) is 11.6 Å². The van der Waals surface area contributed by atoms with Crippen LogP contribution in [0.5, 0.6) is 0 Å². The molecule has 2 rings (SSSR count). The summed E-state index contributed by atoms with van der Waals surface area (Å²) in [5, 5.41) is 1.96. The van der Waals surface area contributed by atoms with Crippen molar-refractivity contribution in [1.82, 2.24) is 0 Å². The topological polar surface area (TPSA) is 89.5 Å². The van der Waals surface area contributed by atoms with Gasteiger partial charge in [0, 0.05) is 6.26 Å². The van der Waals surface area contributed by atoms with Gasteiger partial charge >= 0.3 is 5.97 Å². The number of carbonyl (C=O) groups is 2. The summed E-state index contributed by atoms with van der Waals surface area (Å²) in [4.78, 5) is 23.5. The van der Waals surface area contributed by atoms with Gasteiger partial charge in [0.1, 0.15) is 0 Å². The van der Waals surface area contributed by atoms with Crippen LogP contribution in [0.4, 0.5) is 18.9 Å². The van der Waals surface area contributed by atoms with Crippen LogP contribution in [-0.4, -0.2) is 33.2 Å². The Morgan fingerprint density at radius 1 is 1.00 bits per heavy atom. The summed E-state index contributed by atoms with van der Waals surface area (Å²) >= 11 is 0. The minimum absolute atomic E-state index is 0.0686. The highest BCUT2D eigenvalue weighted by atomic mass is 32.2. The third kappa shape index (κ3) is 5.81. The fourth-order valence-electron chi connectivity index (χ4n) is 2.06. The predicted octanol–water partition coefficient (Wildman–Crippen LogP) is 2.44. The average molecular weight is 401 g/mol. The molecule has 0 heterocycles. The zero-order valence-electron chi connectivity index (χ0n) is 14.0. The first kappa shape index (κ1) is 20.4. The largest absolute Gasteiger partial charge is 0.452 e. The zero-order valence-corrected chi connectivity index (χ0v) is 14.8. The quantitative estimate of drug-likeness (QED) is 0.593. The van der Waals surface area contributed by atoms with Crippen LogP contribution in [0.3, 0.4) is 0 Å². The molecule has 27 heavy (non-hydrogen) atoms. The van der Waals surface area contributed by atoms with Gasteiger partial charge in [-0.3, -0.25) is 4.79 Å². The van der Waals surface area contributed by atoms with Crippen molar-refractivity contribution in [3.8, 4) is 0 Å². The maximum atomic E-state index is 13.5. The van der Waals surface area contributed by atoms with Crippen LogP contribution < -0.4 is 5.32 Å². The minimum atomic E-state index is -3.22. The van der Waals surface area contributed by atoms with Crippen molar-refractivity contribution in [3.63, 3.8) is 0 Å². The lowest BCUT2D eigenvalue weighted by Gasteiger charge is -2.08. The van der Waals surface area contributed by atoms with Crippen LogP contribution in [0, 0.1) is 17.5 Å². The summed E-state index contributed by atoms with van der Waals surface area (Å²) in [6.45, 7) is -0.789. The van der Waals surface area contributed by atoms with Gasteiger partial charge in [0.25, 0.3) is 5.91 Å². The van der Waals surface area contributed by atoms with Crippen molar-refractivity contribution in [1.29, 1.82) is 0 Å². The Labute approximate surface area is 152 Å². The Bertz CT molecular complexity index is 975. The Morgan fingerprint density at radius 2 is 1.63 bits per heavy atom. The zero-order chi connectivity index (χ0) is 20.2. The predicted molar refractivity (Wildman–Crippen MR) is 90.2 cm³/mol. The standard InChI is InChI=1S/C17H14F3NO5S/c1-27(24,25)9-10-2-4-11(5-3-10)17(23)26-8-14(22)21-13-7-6-12(18)15(19)16(13)20/h2-7H,8-9H2,1H3,(H,21,22). The first-order chi connectivity index (χ1) is 12.6. The second-order valence-electron chi connectivity index (χ2n) is 5.61. The molecule has 0 aliphatic heterocycles. The molecule has 0 atom stereocenters. The third-order valence-corrected chi connectivity index (χ3v) is 4.12. The Kier molecular flexibility index (Phi) is 6.21. The van der Waals surface area contributed by atoms with Crippen molar-refractivity contribution in [2.24, 2.45) is 0 Å². The molecule has 0 spiro atoms. The lowest BCUT2D eigenvalue weighted by atomic mass is 10.1. The van der Waals surface area contributed by atoms with E-state index in [4.69, 9.17) is 4.74 Å². The van der Waals surface area contributed by atoms with E-state index in [1.54, 1.807) is 0 Å². The fraction of sp³-hybridized carbons (Fsp3) is 0.176. The van der Waals surface area contributed by atoms with Gasteiger partial charge in [-0.1, -0.05) is 12.1 Å². The maximum absolute atomic E-state index is 13.5. The Morgan fingerprint density at radius 3 is 2.22 bits per heavy atom. The molecule has 0 bridgehead atoms. The van der Waals surface area contributed by atoms with Crippen molar-refractivity contribution in [2.45, 2.75) is 5.75 Å². The van der Waals surface area contributed by atoms with E-state index in [1.165, 1.54) is 24.3 Å². The highest BCUT2D eigenvalue weighted by Crippen LogP contribution is 2.19. The SMILES string of the molecule is CS(=O)(=O)Cc1ccc(C(=O)OCC(=O)Nc2ccc(F)c(F)c2F)cc1. The van der Waals surface area contributed by atoms with E-state index in [0.717, 1.165) is 12.3 Å². The number of sulfone groups is 1. The molecule has 0 fully saturated rings. The Balaban J connectivity index is 1.93. The van der Waals surface area contributed by atoms with Gasteiger partial charge in [-0.25, -0.2) is 26.4 Å². The van der Waals surface area contributed by atoms with Crippen molar-refractivity contribution in [2.75, 3.05) is 18.2 Å². The molecule has 10 heteroatoms. The number of rotatable bonds is 6. The monoisotopic (exact) mass is 401 g/mol. The number of amides is 1. The number of hydrogen-bond donors (Lipinski definition) is 1. The minimum Gasteiger partial charge on any atom is -0.452 e. The summed E-state index contributed by atoms with van der Waals surface area (Å²) in [6.07, 6.45) is 1.07. The summed E-state index contributed by atoms with van der Waals surface area (Å²) in [5.74, 6) is -6.74. The molecule has 0 unspecified atom stereocenters. The molecule has 1 N–H and O–H groups in total. The molecule has 6 nitrogen and oxygen atoms in total. The number of carbonyl (C=O) groups excluding carboxylic acids is 2. The van der Waals surface area contributed by atoms with Gasteiger partial charge in [-0.05, 0) is 29.8 Å². The third-order valence-electron chi connectivity index (χ3n) is 3.26. The molecular formula is C17H14F3NO5S. The summed E-state index contributed by atoms with van der Waals surface area (Å²) in [5.41, 5.74) is -0.0558. The number of nitrogens with one attached hydrogen (secondary N) is 1. The van der Waals surface area contributed by atoms with Crippen LogP contribution in [-0.2, 0) is 25.1 Å². The molecule has 2 aromatic rings. The Hall–Kier alpha value is -2.88. The molecule has 0 saturated heterocycles. The molecule has 144 valence electrons. The van der Waals surface area contributed by atoms with Crippen LogP contribution in [0.2, 0.25) is 0 Å². The molecule has 0 aliphatic carbocycles. The van der Waals surface area contributed by atoms with E-state index in [2.05, 4.69) is 0 Å². The maximum Gasteiger partial charge on any atom is 0.338 e. The first-order valence-corrected chi connectivity index (χ1v) is 9.50. The number of halogens is 3. The van der Waals surface area contributed by atoms with Gasteiger partial charge in [0.05, 0.1) is 17.0 Å². The van der Waals surface area contributed by atoms with Gasteiger partial charge in [-0.2, -0.15) is 0 Å². The molecule has 2 aromatic carbocycles. The van der Waals surface area contributed by atoms with Gasteiger partial charge in [-0.15, -0.1) is 0 Å². The first-order valence-electron chi connectivity index (χ1n) is 7.44. The molecule has 0 saturated carbocycles. The van der Waals surface area contributed by atoms with Crippen LogP contribution in [0.15, 0.2) is 36.4 Å². The van der Waals surface area contributed by atoms with Crippen LogP contribution in [0.25, 0.3) is 0 Å². The van der Waals surface area contributed by atoms with Crippen LogP contribution >= 0.6 is 0 Å². The summed E-state index contributed by atoms with van der Waals surface area (Å²) in [6, 6.07) is 6.97. The smallest absolute Gasteiger partial charge is 0.338 e. The lowest BCUT2D eigenvalue weighted by molar-refractivity contribution is -0.119. The normalized spacial score (nSPS) is 11.1. The average Bonchev–Trinajstić information content (AvgIpc) is 2.59. The number of hydrogen-bond acceptors (Lipinski definition) is 5. The van der Waals surface area contributed by atoms with E-state index < -0.39 is 51.5 Å². The highest BCUT2D eigenvalue weighted by Gasteiger charge is 2.16. The molecule has 0 aromatic heterocycles. The van der Waals surface area contributed by atoms with E-state index in [-0.39, 0.29) is 11.3 Å². The summed E-state index contributed by atoms with van der Waals surface area (Å²) < 4.78 is 66.5. The summed E-state index contributed by atoms with van der Waals surface area (Å²) in [7, 11) is -3.22. The molecule has 0 aliphatic rings. The number of benzene rings is 2. The van der Waals surface area contributed by atoms with Gasteiger partial charge in [0.2, 0.25) is 0 Å². The van der Waals surface area contributed by atoms with Gasteiger partial charge < -0.3 is 10.1 Å². The van der Waals surface area contributed by atoms with Crippen molar-refractivity contribution < 1.29 is 35.9 Å². The lowest BCUT2D eigenvalue weighted by Crippen LogP contribution is -2.21. The second-order valence-corrected chi connectivity index (χ2v) is 7.75. The van der Waals surface area contributed by atoms with E-state index >= 15 is 0 Å². The highest BCUT2D eigenvalue weighted by molar-refractivity contribution is 7.89.